The molecule has 1 saturated carbocycles. The summed E-state index contributed by atoms with van der Waals surface area (Å²) < 4.78 is 0. The van der Waals surface area contributed by atoms with Gasteiger partial charge in [-0.2, -0.15) is 0 Å². The molecule has 3 rings (SSSR count). The predicted molar refractivity (Wildman–Crippen MR) is 73.7 cm³/mol. The smallest absolute Gasteiger partial charge is 0.226 e. The van der Waals surface area contributed by atoms with Crippen molar-refractivity contribution < 1.29 is 9.90 Å². The molecule has 0 aromatic heterocycles. The number of carbonyl (C=O) groups is 1. The van der Waals surface area contributed by atoms with Gasteiger partial charge >= 0.3 is 0 Å². The molecule has 3 nitrogen and oxygen atoms in total. The number of hydrogen-bond donors (Lipinski definition) is 1. The highest BCUT2D eigenvalue weighted by Crippen LogP contribution is 2.48. The molecule has 1 amide bonds. The van der Waals surface area contributed by atoms with Crippen LogP contribution in [0.1, 0.15) is 30.7 Å². The van der Waals surface area contributed by atoms with Crippen LogP contribution in [-0.2, 0) is 4.79 Å². The molecule has 1 aliphatic heterocycles. The predicted octanol–water partition coefficient (Wildman–Crippen LogP) is 2.02. The van der Waals surface area contributed by atoms with Crippen molar-refractivity contribution in [2.75, 3.05) is 19.7 Å². The Balaban J connectivity index is 1.56. The van der Waals surface area contributed by atoms with Crippen molar-refractivity contribution in [2.24, 2.45) is 11.8 Å². The highest BCUT2D eigenvalue weighted by Gasteiger charge is 2.45. The van der Waals surface area contributed by atoms with Gasteiger partial charge in [-0.05, 0) is 36.7 Å². The van der Waals surface area contributed by atoms with Gasteiger partial charge in [0.05, 0.1) is 0 Å². The lowest BCUT2D eigenvalue weighted by molar-refractivity contribution is -0.134. The summed E-state index contributed by atoms with van der Waals surface area (Å²) in [6.45, 7) is 1.90. The summed E-state index contributed by atoms with van der Waals surface area (Å²) in [6, 6.07) is 10.3. The Kier molecular flexibility index (Phi) is 3.56. The largest absolute Gasteiger partial charge is 0.396 e. The maximum atomic E-state index is 12.4. The average molecular weight is 259 g/mol. The molecule has 1 N–H and O–H groups in total. The van der Waals surface area contributed by atoms with Gasteiger partial charge in [-0.25, -0.2) is 0 Å². The van der Waals surface area contributed by atoms with Crippen LogP contribution in [0.4, 0.5) is 0 Å². The molecule has 0 radical (unpaired) electrons. The molecule has 1 aromatic carbocycles. The van der Waals surface area contributed by atoms with Crippen LogP contribution in [0.3, 0.4) is 0 Å². The molecule has 1 saturated heterocycles. The molecular weight excluding hydrogens is 238 g/mol. The Morgan fingerprint density at radius 3 is 2.53 bits per heavy atom. The highest BCUT2D eigenvalue weighted by atomic mass is 16.3. The van der Waals surface area contributed by atoms with Crippen LogP contribution in [0.5, 0.6) is 0 Å². The molecule has 0 bridgehead atoms. The van der Waals surface area contributed by atoms with Crippen molar-refractivity contribution in [3.63, 3.8) is 0 Å². The normalized spacial score (nSPS) is 27.3. The molecule has 19 heavy (non-hydrogen) atoms. The Morgan fingerprint density at radius 2 is 1.89 bits per heavy atom. The van der Waals surface area contributed by atoms with E-state index in [2.05, 4.69) is 12.1 Å². The SMILES string of the molecule is O=C(C1CC1c1ccccc1)N1CCC(CO)CC1. The lowest BCUT2D eigenvalue weighted by atomic mass is 9.97. The zero-order chi connectivity index (χ0) is 13.2. The maximum absolute atomic E-state index is 12.4. The van der Waals surface area contributed by atoms with Crippen LogP contribution >= 0.6 is 0 Å². The summed E-state index contributed by atoms with van der Waals surface area (Å²) in [5, 5.41) is 9.12. The number of aliphatic hydroxyl groups is 1. The van der Waals surface area contributed by atoms with Gasteiger partial charge < -0.3 is 10.0 Å². The van der Waals surface area contributed by atoms with Gasteiger partial charge in [-0.15, -0.1) is 0 Å². The molecule has 2 unspecified atom stereocenters. The number of piperidine rings is 1. The topological polar surface area (TPSA) is 40.5 Å². The Hall–Kier alpha value is -1.35. The summed E-state index contributed by atoms with van der Waals surface area (Å²) in [7, 11) is 0. The monoisotopic (exact) mass is 259 g/mol. The van der Waals surface area contributed by atoms with Gasteiger partial charge in [0.1, 0.15) is 0 Å². The highest BCUT2D eigenvalue weighted by molar-refractivity contribution is 5.83. The van der Waals surface area contributed by atoms with Gasteiger partial charge in [0.15, 0.2) is 0 Å². The van der Waals surface area contributed by atoms with Crippen LogP contribution < -0.4 is 0 Å². The fourth-order valence-electron chi connectivity index (χ4n) is 3.11. The minimum atomic E-state index is 0.202. The molecule has 3 heteroatoms. The average Bonchev–Trinajstić information content (AvgIpc) is 3.28. The van der Waals surface area contributed by atoms with Crippen molar-refractivity contribution >= 4 is 5.91 Å². The van der Waals surface area contributed by atoms with Crippen molar-refractivity contribution in [1.82, 2.24) is 4.90 Å². The van der Waals surface area contributed by atoms with Crippen molar-refractivity contribution in [1.29, 1.82) is 0 Å². The van der Waals surface area contributed by atoms with E-state index in [0.717, 1.165) is 32.4 Å². The van der Waals surface area contributed by atoms with Gasteiger partial charge in [0.25, 0.3) is 0 Å². The zero-order valence-corrected chi connectivity index (χ0v) is 11.2. The van der Waals surface area contributed by atoms with E-state index in [9.17, 15) is 4.79 Å². The van der Waals surface area contributed by atoms with Crippen LogP contribution in [0.25, 0.3) is 0 Å². The number of hydrogen-bond acceptors (Lipinski definition) is 2. The summed E-state index contributed by atoms with van der Waals surface area (Å²) in [5.41, 5.74) is 1.30. The lowest BCUT2D eigenvalue weighted by Gasteiger charge is -2.31. The molecule has 0 spiro atoms. The molecule has 2 atom stereocenters. The molecule has 2 aliphatic rings. The summed E-state index contributed by atoms with van der Waals surface area (Å²) in [4.78, 5) is 14.4. The second kappa shape index (κ2) is 5.33. The fraction of sp³-hybridized carbons (Fsp3) is 0.562. The molecule has 1 heterocycles. The third-order valence-electron chi connectivity index (χ3n) is 4.52. The van der Waals surface area contributed by atoms with Crippen LogP contribution in [0.15, 0.2) is 30.3 Å². The van der Waals surface area contributed by atoms with E-state index < -0.39 is 0 Å². The standard InChI is InChI=1S/C16H21NO2/c18-11-12-6-8-17(9-7-12)16(19)15-10-14(15)13-4-2-1-3-5-13/h1-5,12,14-15,18H,6-11H2. The first-order valence-corrected chi connectivity index (χ1v) is 7.24. The van der Waals surface area contributed by atoms with E-state index in [4.69, 9.17) is 5.11 Å². The number of rotatable bonds is 3. The zero-order valence-electron chi connectivity index (χ0n) is 11.2. The Bertz CT molecular complexity index is 437. The third-order valence-corrected chi connectivity index (χ3v) is 4.52. The fourth-order valence-corrected chi connectivity index (χ4v) is 3.11. The minimum absolute atomic E-state index is 0.202. The number of nitrogens with zero attached hydrogens (tertiary/aromatic N) is 1. The van der Waals surface area contributed by atoms with E-state index in [-0.39, 0.29) is 12.5 Å². The Morgan fingerprint density at radius 1 is 1.21 bits per heavy atom. The summed E-state index contributed by atoms with van der Waals surface area (Å²) >= 11 is 0. The second-order valence-corrected chi connectivity index (χ2v) is 5.81. The lowest BCUT2D eigenvalue weighted by Crippen LogP contribution is -2.40. The van der Waals surface area contributed by atoms with E-state index in [0.29, 0.717) is 17.7 Å². The van der Waals surface area contributed by atoms with Gasteiger partial charge in [0.2, 0.25) is 5.91 Å². The molecule has 1 aliphatic carbocycles. The van der Waals surface area contributed by atoms with Crippen molar-refractivity contribution in [2.45, 2.75) is 25.2 Å². The number of benzene rings is 1. The van der Waals surface area contributed by atoms with E-state index in [1.165, 1.54) is 5.56 Å². The second-order valence-electron chi connectivity index (χ2n) is 5.81. The first-order chi connectivity index (χ1) is 9.29. The molecule has 1 aromatic rings. The Labute approximate surface area is 114 Å². The van der Waals surface area contributed by atoms with Gasteiger partial charge in [-0.1, -0.05) is 30.3 Å². The van der Waals surface area contributed by atoms with Crippen LogP contribution in [0.2, 0.25) is 0 Å². The first-order valence-electron chi connectivity index (χ1n) is 7.24. The van der Waals surface area contributed by atoms with E-state index >= 15 is 0 Å². The third kappa shape index (κ3) is 2.66. The van der Waals surface area contributed by atoms with Crippen molar-refractivity contribution in [3.05, 3.63) is 35.9 Å². The molecule has 102 valence electrons. The summed E-state index contributed by atoms with van der Waals surface area (Å²) in [6.07, 6.45) is 2.90. The quantitative estimate of drug-likeness (QED) is 0.902. The minimum Gasteiger partial charge on any atom is -0.396 e. The van der Waals surface area contributed by atoms with Gasteiger partial charge in [0, 0.05) is 25.6 Å². The van der Waals surface area contributed by atoms with Crippen LogP contribution in [0, 0.1) is 11.8 Å². The number of likely N-dealkylation sites (tertiary alicyclic amines) is 1. The maximum Gasteiger partial charge on any atom is 0.226 e. The van der Waals surface area contributed by atoms with Crippen molar-refractivity contribution in [3.8, 4) is 0 Å². The first kappa shape index (κ1) is 12.7. The molecule has 2 fully saturated rings. The number of carbonyl (C=O) groups excluding carboxylic acids is 1. The van der Waals surface area contributed by atoms with E-state index in [1.54, 1.807) is 0 Å². The van der Waals surface area contributed by atoms with E-state index in [1.807, 2.05) is 23.1 Å². The van der Waals surface area contributed by atoms with Gasteiger partial charge in [-0.3, -0.25) is 4.79 Å². The number of amides is 1. The van der Waals surface area contributed by atoms with Crippen LogP contribution in [-0.4, -0.2) is 35.6 Å². The summed E-state index contributed by atoms with van der Waals surface area (Å²) in [5.74, 6) is 1.36. The molecular formula is C16H21NO2. The number of aliphatic hydroxyl groups excluding tert-OH is 1.